The average molecular weight is 262 g/mol. The third-order valence-corrected chi connectivity index (χ3v) is 3.44. The van der Waals surface area contributed by atoms with Crippen LogP contribution in [0.15, 0.2) is 24.3 Å². The van der Waals surface area contributed by atoms with Crippen LogP contribution in [0.1, 0.15) is 31.7 Å². The lowest BCUT2D eigenvalue weighted by Crippen LogP contribution is -2.41. The Bertz CT molecular complexity index is 434. The predicted molar refractivity (Wildman–Crippen MR) is 75.8 cm³/mol. The standard InChI is InChI=1S/C15H22N2O2/c1-11-9-14(7-8-19-11)17-15(18)6-5-12-3-2-4-13(16)10-12/h2-4,10-11,14H,5-9,16H2,1H3,(H,17,18). The SMILES string of the molecule is CC1CC(NC(=O)CCc2cccc(N)c2)CCO1. The molecule has 104 valence electrons. The Morgan fingerprint density at radius 1 is 1.53 bits per heavy atom. The molecular weight excluding hydrogens is 240 g/mol. The van der Waals surface area contributed by atoms with Crippen molar-refractivity contribution in [2.75, 3.05) is 12.3 Å². The molecule has 19 heavy (non-hydrogen) atoms. The normalized spacial score (nSPS) is 23.0. The van der Waals surface area contributed by atoms with E-state index in [4.69, 9.17) is 10.5 Å². The summed E-state index contributed by atoms with van der Waals surface area (Å²) >= 11 is 0. The number of ether oxygens (including phenoxy) is 1. The molecule has 3 N–H and O–H groups in total. The number of nitrogens with two attached hydrogens (primary N) is 1. The zero-order chi connectivity index (χ0) is 13.7. The highest BCUT2D eigenvalue weighted by Gasteiger charge is 2.20. The van der Waals surface area contributed by atoms with E-state index in [2.05, 4.69) is 5.32 Å². The fourth-order valence-electron chi connectivity index (χ4n) is 2.44. The number of carbonyl (C=O) groups is 1. The van der Waals surface area contributed by atoms with E-state index in [1.54, 1.807) is 0 Å². The van der Waals surface area contributed by atoms with E-state index in [9.17, 15) is 4.79 Å². The van der Waals surface area contributed by atoms with Crippen LogP contribution >= 0.6 is 0 Å². The fourth-order valence-corrected chi connectivity index (χ4v) is 2.44. The molecule has 0 spiro atoms. The van der Waals surface area contributed by atoms with Crippen LogP contribution in [0, 0.1) is 0 Å². The van der Waals surface area contributed by atoms with Gasteiger partial charge in [0, 0.05) is 24.8 Å². The van der Waals surface area contributed by atoms with E-state index in [-0.39, 0.29) is 18.1 Å². The summed E-state index contributed by atoms with van der Waals surface area (Å²) < 4.78 is 5.47. The first-order valence-corrected chi connectivity index (χ1v) is 6.89. The highest BCUT2D eigenvalue weighted by Crippen LogP contribution is 2.14. The molecule has 0 aromatic heterocycles. The Balaban J connectivity index is 1.75. The molecule has 0 saturated carbocycles. The first-order valence-electron chi connectivity index (χ1n) is 6.89. The second-order valence-electron chi connectivity index (χ2n) is 5.22. The largest absolute Gasteiger partial charge is 0.399 e. The average Bonchev–Trinajstić information content (AvgIpc) is 2.36. The number of hydrogen-bond donors (Lipinski definition) is 2. The number of nitrogen functional groups attached to an aromatic ring is 1. The molecule has 2 rings (SSSR count). The number of aryl methyl sites for hydroxylation is 1. The van der Waals surface area contributed by atoms with Crippen molar-refractivity contribution < 1.29 is 9.53 Å². The van der Waals surface area contributed by atoms with Gasteiger partial charge in [0.2, 0.25) is 5.91 Å². The predicted octanol–water partition coefficient (Wildman–Crippen LogP) is 1.89. The van der Waals surface area contributed by atoms with E-state index < -0.39 is 0 Å². The third-order valence-electron chi connectivity index (χ3n) is 3.44. The smallest absolute Gasteiger partial charge is 0.220 e. The molecule has 1 aliphatic rings. The summed E-state index contributed by atoms with van der Waals surface area (Å²) in [6.07, 6.45) is 3.30. The lowest BCUT2D eigenvalue weighted by molar-refractivity contribution is -0.122. The third kappa shape index (κ3) is 4.56. The van der Waals surface area contributed by atoms with E-state index >= 15 is 0 Å². The molecular formula is C15H22N2O2. The number of hydrogen-bond acceptors (Lipinski definition) is 3. The minimum absolute atomic E-state index is 0.113. The topological polar surface area (TPSA) is 64.4 Å². The van der Waals surface area contributed by atoms with Crippen molar-refractivity contribution in [2.45, 2.75) is 44.8 Å². The first-order chi connectivity index (χ1) is 9.13. The molecule has 1 aliphatic heterocycles. The van der Waals surface area contributed by atoms with Crippen LogP contribution in [-0.4, -0.2) is 24.7 Å². The van der Waals surface area contributed by atoms with Crippen LogP contribution in [-0.2, 0) is 16.0 Å². The minimum atomic E-state index is 0.113. The van der Waals surface area contributed by atoms with Gasteiger partial charge < -0.3 is 15.8 Å². The van der Waals surface area contributed by atoms with Crippen LogP contribution in [0.2, 0.25) is 0 Å². The van der Waals surface area contributed by atoms with Gasteiger partial charge in [-0.15, -0.1) is 0 Å². The number of carbonyl (C=O) groups excluding carboxylic acids is 1. The second-order valence-corrected chi connectivity index (χ2v) is 5.22. The molecule has 1 amide bonds. The van der Waals surface area contributed by atoms with Gasteiger partial charge >= 0.3 is 0 Å². The lowest BCUT2D eigenvalue weighted by atomic mass is 10.0. The number of anilines is 1. The van der Waals surface area contributed by atoms with Gasteiger partial charge in [-0.05, 0) is 43.9 Å². The molecule has 1 fully saturated rings. The van der Waals surface area contributed by atoms with Crippen molar-refractivity contribution in [3.05, 3.63) is 29.8 Å². The maximum atomic E-state index is 11.9. The molecule has 1 heterocycles. The van der Waals surface area contributed by atoms with E-state index in [1.807, 2.05) is 31.2 Å². The number of nitrogens with one attached hydrogen (secondary N) is 1. The summed E-state index contributed by atoms with van der Waals surface area (Å²) in [5.41, 5.74) is 7.57. The van der Waals surface area contributed by atoms with Gasteiger partial charge in [0.1, 0.15) is 0 Å². The maximum absolute atomic E-state index is 11.9. The Labute approximate surface area is 114 Å². The number of rotatable bonds is 4. The summed E-state index contributed by atoms with van der Waals surface area (Å²) in [6, 6.07) is 7.96. The molecule has 1 aromatic rings. The Hall–Kier alpha value is -1.55. The van der Waals surface area contributed by atoms with Gasteiger partial charge in [-0.2, -0.15) is 0 Å². The molecule has 0 bridgehead atoms. The molecule has 2 atom stereocenters. The zero-order valence-corrected chi connectivity index (χ0v) is 11.4. The fraction of sp³-hybridized carbons (Fsp3) is 0.533. The quantitative estimate of drug-likeness (QED) is 0.814. The van der Waals surface area contributed by atoms with Gasteiger partial charge in [-0.25, -0.2) is 0 Å². The Morgan fingerprint density at radius 2 is 2.37 bits per heavy atom. The van der Waals surface area contributed by atoms with Crippen LogP contribution in [0.4, 0.5) is 5.69 Å². The molecule has 0 radical (unpaired) electrons. The van der Waals surface area contributed by atoms with Gasteiger partial charge in [0.25, 0.3) is 0 Å². The van der Waals surface area contributed by atoms with Gasteiger partial charge in [-0.1, -0.05) is 12.1 Å². The highest BCUT2D eigenvalue weighted by molar-refractivity contribution is 5.76. The van der Waals surface area contributed by atoms with E-state index in [0.717, 1.165) is 37.1 Å². The lowest BCUT2D eigenvalue weighted by Gasteiger charge is -2.27. The van der Waals surface area contributed by atoms with Crippen molar-refractivity contribution in [2.24, 2.45) is 0 Å². The van der Waals surface area contributed by atoms with Crippen LogP contribution in [0.5, 0.6) is 0 Å². The summed E-state index contributed by atoms with van der Waals surface area (Å²) in [5.74, 6) is 0.113. The minimum Gasteiger partial charge on any atom is -0.399 e. The van der Waals surface area contributed by atoms with Crippen molar-refractivity contribution in [1.82, 2.24) is 5.32 Å². The monoisotopic (exact) mass is 262 g/mol. The van der Waals surface area contributed by atoms with Crippen LogP contribution in [0.25, 0.3) is 0 Å². The van der Waals surface area contributed by atoms with Gasteiger partial charge in [0.15, 0.2) is 0 Å². The van der Waals surface area contributed by atoms with Crippen LogP contribution < -0.4 is 11.1 Å². The second kappa shape index (κ2) is 6.57. The summed E-state index contributed by atoms with van der Waals surface area (Å²) in [5, 5.41) is 3.08. The number of amides is 1. The number of benzene rings is 1. The maximum Gasteiger partial charge on any atom is 0.220 e. The Morgan fingerprint density at radius 3 is 3.11 bits per heavy atom. The first kappa shape index (κ1) is 13.9. The van der Waals surface area contributed by atoms with Crippen molar-refractivity contribution in [1.29, 1.82) is 0 Å². The molecule has 1 saturated heterocycles. The van der Waals surface area contributed by atoms with Crippen LogP contribution in [0.3, 0.4) is 0 Å². The molecule has 1 aromatic carbocycles. The Kier molecular flexibility index (Phi) is 4.80. The summed E-state index contributed by atoms with van der Waals surface area (Å²) in [4.78, 5) is 11.9. The summed E-state index contributed by atoms with van der Waals surface area (Å²) in [6.45, 7) is 2.78. The van der Waals surface area contributed by atoms with Gasteiger partial charge in [-0.3, -0.25) is 4.79 Å². The molecule has 0 aliphatic carbocycles. The van der Waals surface area contributed by atoms with E-state index in [1.165, 1.54) is 0 Å². The molecule has 4 heteroatoms. The van der Waals surface area contributed by atoms with Crippen molar-refractivity contribution >= 4 is 11.6 Å². The van der Waals surface area contributed by atoms with E-state index in [0.29, 0.717) is 6.42 Å². The van der Waals surface area contributed by atoms with Crippen molar-refractivity contribution in [3.8, 4) is 0 Å². The molecule has 2 unspecified atom stereocenters. The molecule has 4 nitrogen and oxygen atoms in total. The zero-order valence-electron chi connectivity index (χ0n) is 11.4. The van der Waals surface area contributed by atoms with Gasteiger partial charge in [0.05, 0.1) is 6.10 Å². The summed E-state index contributed by atoms with van der Waals surface area (Å²) in [7, 11) is 0. The highest BCUT2D eigenvalue weighted by atomic mass is 16.5. The van der Waals surface area contributed by atoms with Crippen molar-refractivity contribution in [3.63, 3.8) is 0 Å².